The standard InChI is InChI=1S/C32H36N2O5/c1-4-16-34(3)20-29-19-30(25-12-10-24(21-35)11-13-25)39-32(38-29)26-14-8-23(9-15-26)17-31(37)33-28-7-5-6-27(18-28)22(2)36/h4-15,18,29-30,32,35H,1,16-17,19-21H2,2-3H3,(H,33,37)/t29-,30+,32?/m0/s1. The first-order valence-electron chi connectivity index (χ1n) is 13.1. The number of ketones is 1. The van der Waals surface area contributed by atoms with E-state index in [-0.39, 0.29) is 36.9 Å². The lowest BCUT2D eigenvalue weighted by Crippen LogP contribution is -2.37. The van der Waals surface area contributed by atoms with E-state index in [0.717, 1.165) is 35.3 Å². The molecule has 1 saturated heterocycles. The minimum Gasteiger partial charge on any atom is -0.392 e. The van der Waals surface area contributed by atoms with Crippen LogP contribution in [0.3, 0.4) is 0 Å². The van der Waals surface area contributed by atoms with Gasteiger partial charge < -0.3 is 24.8 Å². The molecule has 3 aromatic rings. The summed E-state index contributed by atoms with van der Waals surface area (Å²) in [6.07, 6.45) is 2.02. The van der Waals surface area contributed by atoms with E-state index in [1.165, 1.54) is 6.92 Å². The molecule has 1 heterocycles. The zero-order valence-corrected chi connectivity index (χ0v) is 22.5. The third kappa shape index (κ3) is 7.94. The van der Waals surface area contributed by atoms with E-state index < -0.39 is 6.29 Å². The highest BCUT2D eigenvalue weighted by Crippen LogP contribution is 2.38. The number of ether oxygens (including phenoxy) is 2. The van der Waals surface area contributed by atoms with Crippen molar-refractivity contribution in [2.24, 2.45) is 0 Å². The molecule has 0 spiro atoms. The highest BCUT2D eigenvalue weighted by molar-refractivity contribution is 5.97. The number of likely N-dealkylation sites (N-methyl/N-ethyl adjacent to an activating group) is 1. The van der Waals surface area contributed by atoms with Gasteiger partial charge in [-0.2, -0.15) is 0 Å². The quantitative estimate of drug-likeness (QED) is 0.262. The second kappa shape index (κ2) is 13.4. The van der Waals surface area contributed by atoms with Crippen LogP contribution in [-0.4, -0.2) is 47.9 Å². The Labute approximate surface area is 230 Å². The summed E-state index contributed by atoms with van der Waals surface area (Å²) < 4.78 is 12.8. The smallest absolute Gasteiger partial charge is 0.228 e. The number of nitrogens with one attached hydrogen (secondary N) is 1. The van der Waals surface area contributed by atoms with Gasteiger partial charge in [0.05, 0.1) is 25.2 Å². The Morgan fingerprint density at radius 1 is 1.03 bits per heavy atom. The van der Waals surface area contributed by atoms with Gasteiger partial charge in [-0.05, 0) is 42.8 Å². The lowest BCUT2D eigenvalue weighted by Gasteiger charge is -2.37. The summed E-state index contributed by atoms with van der Waals surface area (Å²) in [5, 5.41) is 12.3. The Balaban J connectivity index is 1.44. The summed E-state index contributed by atoms with van der Waals surface area (Å²) in [6.45, 7) is 6.83. The maximum absolute atomic E-state index is 12.6. The van der Waals surface area contributed by atoms with Crippen LogP contribution >= 0.6 is 0 Å². The van der Waals surface area contributed by atoms with Crippen LogP contribution in [0.5, 0.6) is 0 Å². The molecule has 2 N–H and O–H groups in total. The topological polar surface area (TPSA) is 88.1 Å². The minimum atomic E-state index is -0.555. The van der Waals surface area contributed by atoms with Gasteiger partial charge >= 0.3 is 0 Å². The van der Waals surface area contributed by atoms with Crippen LogP contribution in [0.1, 0.15) is 58.4 Å². The number of aliphatic hydroxyl groups is 1. The molecule has 1 amide bonds. The van der Waals surface area contributed by atoms with Crippen molar-refractivity contribution in [2.75, 3.05) is 25.5 Å². The molecule has 1 fully saturated rings. The van der Waals surface area contributed by atoms with Crippen molar-refractivity contribution in [3.63, 3.8) is 0 Å². The third-order valence-corrected chi connectivity index (χ3v) is 6.74. The van der Waals surface area contributed by atoms with E-state index in [4.69, 9.17) is 9.47 Å². The Hall–Kier alpha value is -3.62. The van der Waals surface area contributed by atoms with Crippen molar-refractivity contribution in [3.05, 3.63) is 113 Å². The first kappa shape index (κ1) is 28.4. The van der Waals surface area contributed by atoms with E-state index in [0.29, 0.717) is 17.7 Å². The second-order valence-electron chi connectivity index (χ2n) is 9.96. The number of hydrogen-bond donors (Lipinski definition) is 2. The molecular formula is C32H36N2O5. The third-order valence-electron chi connectivity index (χ3n) is 6.74. The van der Waals surface area contributed by atoms with Crippen LogP contribution < -0.4 is 5.32 Å². The van der Waals surface area contributed by atoms with Crippen LogP contribution in [0.4, 0.5) is 5.69 Å². The lowest BCUT2D eigenvalue weighted by molar-refractivity contribution is -0.252. The monoisotopic (exact) mass is 528 g/mol. The fourth-order valence-electron chi connectivity index (χ4n) is 4.67. The maximum atomic E-state index is 12.6. The predicted octanol–water partition coefficient (Wildman–Crippen LogP) is 5.23. The Morgan fingerprint density at radius 2 is 1.72 bits per heavy atom. The van der Waals surface area contributed by atoms with Crippen molar-refractivity contribution < 1.29 is 24.2 Å². The van der Waals surface area contributed by atoms with E-state index in [1.54, 1.807) is 24.3 Å². The normalized spacial score (nSPS) is 19.0. The summed E-state index contributed by atoms with van der Waals surface area (Å²) in [5.41, 5.74) is 4.78. The highest BCUT2D eigenvalue weighted by atomic mass is 16.7. The molecule has 39 heavy (non-hydrogen) atoms. The molecule has 0 aromatic heterocycles. The number of hydrogen-bond acceptors (Lipinski definition) is 6. The van der Waals surface area contributed by atoms with Gasteiger partial charge in [-0.25, -0.2) is 0 Å². The average molecular weight is 529 g/mol. The second-order valence-corrected chi connectivity index (χ2v) is 9.96. The highest BCUT2D eigenvalue weighted by Gasteiger charge is 2.32. The van der Waals surface area contributed by atoms with Gasteiger partial charge in [0.25, 0.3) is 0 Å². The number of Topliss-reactive ketones (excluding diaryl/α,β-unsaturated/α-hetero) is 1. The van der Waals surface area contributed by atoms with Crippen molar-refractivity contribution in [2.45, 2.75) is 44.9 Å². The van der Waals surface area contributed by atoms with Gasteiger partial charge in [0.15, 0.2) is 12.1 Å². The fourth-order valence-corrected chi connectivity index (χ4v) is 4.67. The molecular weight excluding hydrogens is 492 g/mol. The number of amides is 1. The Kier molecular flexibility index (Phi) is 9.79. The number of anilines is 1. The SMILES string of the molecule is C=CCN(C)C[C@@H]1C[C@H](c2ccc(CO)cc2)OC(c2ccc(CC(=O)Nc3cccc(C(C)=O)c3)cc2)O1. The molecule has 3 atom stereocenters. The molecule has 1 aliphatic heterocycles. The van der Waals surface area contributed by atoms with Crippen molar-refractivity contribution >= 4 is 17.4 Å². The molecule has 7 heteroatoms. The zero-order chi connectivity index (χ0) is 27.8. The number of carbonyl (C=O) groups excluding carboxylic acids is 2. The first-order chi connectivity index (χ1) is 18.8. The number of benzene rings is 3. The van der Waals surface area contributed by atoms with Crippen molar-refractivity contribution in [3.8, 4) is 0 Å². The van der Waals surface area contributed by atoms with Crippen LogP contribution in [0.25, 0.3) is 0 Å². The lowest BCUT2D eigenvalue weighted by atomic mass is 9.99. The van der Waals surface area contributed by atoms with Crippen LogP contribution in [0.15, 0.2) is 85.5 Å². The van der Waals surface area contributed by atoms with Gasteiger partial charge in [-0.15, -0.1) is 6.58 Å². The molecule has 3 aromatic carbocycles. The van der Waals surface area contributed by atoms with Gasteiger partial charge in [-0.1, -0.05) is 66.7 Å². The summed E-state index contributed by atoms with van der Waals surface area (Å²) >= 11 is 0. The van der Waals surface area contributed by atoms with E-state index in [1.807, 2.05) is 61.7 Å². The fraction of sp³-hybridized carbons (Fsp3) is 0.312. The maximum Gasteiger partial charge on any atom is 0.228 e. The van der Waals surface area contributed by atoms with Crippen LogP contribution in [0, 0.1) is 0 Å². The zero-order valence-electron chi connectivity index (χ0n) is 22.5. The summed E-state index contributed by atoms with van der Waals surface area (Å²) in [4.78, 5) is 26.4. The Morgan fingerprint density at radius 3 is 2.38 bits per heavy atom. The van der Waals surface area contributed by atoms with Crippen LogP contribution in [-0.2, 0) is 27.3 Å². The predicted molar refractivity (Wildman–Crippen MR) is 151 cm³/mol. The summed E-state index contributed by atoms with van der Waals surface area (Å²) in [5.74, 6) is -0.210. The van der Waals surface area contributed by atoms with Gasteiger partial charge in [0.2, 0.25) is 5.91 Å². The molecule has 0 saturated carbocycles. The van der Waals surface area contributed by atoms with Gasteiger partial charge in [-0.3, -0.25) is 9.59 Å². The molecule has 4 rings (SSSR count). The molecule has 0 aliphatic carbocycles. The first-order valence-corrected chi connectivity index (χ1v) is 13.1. The molecule has 1 aliphatic rings. The van der Waals surface area contributed by atoms with E-state index in [9.17, 15) is 14.7 Å². The minimum absolute atomic E-state index is 0.00167. The van der Waals surface area contributed by atoms with E-state index in [2.05, 4.69) is 16.8 Å². The number of aliphatic hydroxyl groups excluding tert-OH is 1. The molecule has 7 nitrogen and oxygen atoms in total. The van der Waals surface area contributed by atoms with E-state index >= 15 is 0 Å². The van der Waals surface area contributed by atoms with Crippen molar-refractivity contribution in [1.82, 2.24) is 4.90 Å². The average Bonchev–Trinajstić information content (AvgIpc) is 2.93. The largest absolute Gasteiger partial charge is 0.392 e. The van der Waals surface area contributed by atoms with Gasteiger partial charge in [0.1, 0.15) is 0 Å². The summed E-state index contributed by atoms with van der Waals surface area (Å²) in [7, 11) is 2.04. The molecule has 204 valence electrons. The number of carbonyl (C=O) groups is 2. The Bertz CT molecular complexity index is 1270. The van der Waals surface area contributed by atoms with Gasteiger partial charge in [0, 0.05) is 36.3 Å². The molecule has 1 unspecified atom stereocenters. The van der Waals surface area contributed by atoms with Crippen LogP contribution in [0.2, 0.25) is 0 Å². The molecule has 0 bridgehead atoms. The summed E-state index contributed by atoms with van der Waals surface area (Å²) in [6, 6.07) is 22.4. The number of nitrogens with zero attached hydrogens (tertiary/aromatic N) is 1. The van der Waals surface area contributed by atoms with Crippen molar-refractivity contribution in [1.29, 1.82) is 0 Å². The number of rotatable bonds is 11. The molecule has 0 radical (unpaired) electrons.